The highest BCUT2D eigenvalue weighted by Crippen LogP contribution is 2.21. The fraction of sp³-hybridized carbons (Fsp3) is 0.467. The van der Waals surface area contributed by atoms with Crippen molar-refractivity contribution in [1.82, 2.24) is 5.32 Å². The molecule has 0 spiro atoms. The van der Waals surface area contributed by atoms with Gasteiger partial charge in [-0.1, -0.05) is 20.3 Å². The predicted molar refractivity (Wildman–Crippen MR) is 80.8 cm³/mol. The zero-order valence-electron chi connectivity index (χ0n) is 12.8. The molecule has 3 N–H and O–H groups in total. The second-order valence-corrected chi connectivity index (χ2v) is 4.98. The van der Waals surface area contributed by atoms with Crippen LogP contribution >= 0.6 is 0 Å². The Hall–Kier alpha value is -2.24. The first-order chi connectivity index (χ1) is 9.88. The Kier molecular flexibility index (Phi) is 6.02. The van der Waals surface area contributed by atoms with Gasteiger partial charge in [0.25, 0.3) is 0 Å². The molecular weight excluding hydrogens is 272 g/mol. The van der Waals surface area contributed by atoms with Gasteiger partial charge in [-0.2, -0.15) is 0 Å². The average Bonchev–Trinajstić information content (AvgIpc) is 2.45. The summed E-state index contributed by atoms with van der Waals surface area (Å²) in [6, 6.07) is 3.79. The van der Waals surface area contributed by atoms with E-state index in [1.165, 1.54) is 0 Å². The van der Waals surface area contributed by atoms with E-state index < -0.39 is 18.0 Å². The van der Waals surface area contributed by atoms with Gasteiger partial charge in [0.1, 0.15) is 11.8 Å². The normalized spacial score (nSPS) is 13.1. The molecule has 0 fully saturated rings. The Labute approximate surface area is 124 Å². The zero-order valence-corrected chi connectivity index (χ0v) is 12.8. The summed E-state index contributed by atoms with van der Waals surface area (Å²) in [6.07, 6.45) is 0.665. The quantitative estimate of drug-likeness (QED) is 0.752. The molecule has 0 saturated carbocycles. The first-order valence-electron chi connectivity index (χ1n) is 6.84. The van der Waals surface area contributed by atoms with Crippen molar-refractivity contribution < 1.29 is 19.4 Å². The number of urea groups is 1. The lowest BCUT2D eigenvalue weighted by atomic mass is 9.99. The molecule has 0 heterocycles. The molecule has 116 valence electrons. The molecule has 6 nitrogen and oxygen atoms in total. The Morgan fingerprint density at radius 3 is 2.52 bits per heavy atom. The average molecular weight is 294 g/mol. The smallest absolute Gasteiger partial charge is 0.326 e. The van der Waals surface area contributed by atoms with Gasteiger partial charge in [-0.15, -0.1) is 0 Å². The second kappa shape index (κ2) is 7.52. The summed E-state index contributed by atoms with van der Waals surface area (Å²) in [5.41, 5.74) is 1.45. The number of carboxylic acid groups (broad SMARTS) is 1. The fourth-order valence-corrected chi connectivity index (χ4v) is 1.89. The van der Waals surface area contributed by atoms with E-state index in [1.807, 2.05) is 13.8 Å². The van der Waals surface area contributed by atoms with Crippen molar-refractivity contribution >= 4 is 17.7 Å². The third-order valence-corrected chi connectivity index (χ3v) is 3.45. The third kappa shape index (κ3) is 4.66. The van der Waals surface area contributed by atoms with Gasteiger partial charge in [-0.25, -0.2) is 9.59 Å². The van der Waals surface area contributed by atoms with Crippen LogP contribution in [0.3, 0.4) is 0 Å². The first-order valence-corrected chi connectivity index (χ1v) is 6.84. The molecule has 2 amide bonds. The van der Waals surface area contributed by atoms with Crippen LogP contribution in [0, 0.1) is 12.8 Å². The molecule has 0 aliphatic rings. The Morgan fingerprint density at radius 1 is 1.38 bits per heavy atom. The van der Waals surface area contributed by atoms with Crippen LogP contribution in [-0.4, -0.2) is 30.3 Å². The molecule has 0 aliphatic heterocycles. The van der Waals surface area contributed by atoms with Gasteiger partial charge in [0.2, 0.25) is 0 Å². The monoisotopic (exact) mass is 294 g/mol. The van der Waals surface area contributed by atoms with Gasteiger partial charge < -0.3 is 20.5 Å². The highest BCUT2D eigenvalue weighted by Gasteiger charge is 2.25. The first kappa shape index (κ1) is 16.8. The number of hydrogen-bond donors (Lipinski definition) is 3. The summed E-state index contributed by atoms with van der Waals surface area (Å²) in [5, 5.41) is 14.3. The lowest BCUT2D eigenvalue weighted by Crippen LogP contribution is -2.46. The van der Waals surface area contributed by atoms with Gasteiger partial charge >= 0.3 is 12.0 Å². The number of aliphatic carboxylic acids is 1. The SMILES string of the molecule is CCC(C)C(NC(=O)Nc1ccc(OC)cc1C)C(=O)O. The summed E-state index contributed by atoms with van der Waals surface area (Å²) < 4.78 is 5.09. The fourth-order valence-electron chi connectivity index (χ4n) is 1.89. The van der Waals surface area contributed by atoms with E-state index in [2.05, 4.69) is 10.6 Å². The van der Waals surface area contributed by atoms with Crippen LogP contribution in [0.2, 0.25) is 0 Å². The van der Waals surface area contributed by atoms with Crippen LogP contribution in [0.25, 0.3) is 0 Å². The van der Waals surface area contributed by atoms with E-state index in [9.17, 15) is 9.59 Å². The topological polar surface area (TPSA) is 87.7 Å². The van der Waals surface area contributed by atoms with Gasteiger partial charge in [-0.05, 0) is 36.6 Å². The predicted octanol–water partition coefficient (Wildman–Crippen LogP) is 2.62. The summed E-state index contributed by atoms with van der Waals surface area (Å²) in [7, 11) is 1.57. The van der Waals surface area contributed by atoms with Gasteiger partial charge in [0, 0.05) is 5.69 Å². The van der Waals surface area contributed by atoms with E-state index in [-0.39, 0.29) is 5.92 Å². The van der Waals surface area contributed by atoms with Crippen molar-refractivity contribution in [1.29, 1.82) is 0 Å². The minimum absolute atomic E-state index is 0.148. The van der Waals surface area contributed by atoms with E-state index in [0.717, 1.165) is 5.56 Å². The van der Waals surface area contributed by atoms with Crippen LogP contribution < -0.4 is 15.4 Å². The van der Waals surface area contributed by atoms with Crippen LogP contribution in [0.4, 0.5) is 10.5 Å². The van der Waals surface area contributed by atoms with E-state index in [0.29, 0.717) is 17.9 Å². The molecule has 6 heteroatoms. The summed E-state index contributed by atoms with van der Waals surface area (Å²) >= 11 is 0. The highest BCUT2D eigenvalue weighted by atomic mass is 16.5. The Morgan fingerprint density at radius 2 is 2.05 bits per heavy atom. The molecule has 2 atom stereocenters. The van der Waals surface area contributed by atoms with Crippen LogP contribution in [-0.2, 0) is 4.79 Å². The van der Waals surface area contributed by atoms with E-state index >= 15 is 0 Å². The van der Waals surface area contributed by atoms with Crippen LogP contribution in [0.15, 0.2) is 18.2 Å². The van der Waals surface area contributed by atoms with E-state index in [4.69, 9.17) is 9.84 Å². The minimum Gasteiger partial charge on any atom is -0.497 e. The molecule has 0 bridgehead atoms. The number of anilines is 1. The Bertz CT molecular complexity index is 516. The van der Waals surface area contributed by atoms with Crippen molar-refractivity contribution in [2.24, 2.45) is 5.92 Å². The number of aryl methyl sites for hydroxylation is 1. The van der Waals surface area contributed by atoms with Crippen molar-refractivity contribution in [3.8, 4) is 5.75 Å². The zero-order chi connectivity index (χ0) is 16.0. The summed E-state index contributed by atoms with van der Waals surface area (Å²) in [6.45, 7) is 5.51. The van der Waals surface area contributed by atoms with Crippen molar-refractivity contribution in [3.63, 3.8) is 0 Å². The number of carbonyl (C=O) groups is 2. The number of nitrogens with one attached hydrogen (secondary N) is 2. The Balaban J connectivity index is 2.74. The van der Waals surface area contributed by atoms with Gasteiger partial charge in [0.15, 0.2) is 0 Å². The van der Waals surface area contributed by atoms with Gasteiger partial charge in [-0.3, -0.25) is 0 Å². The maximum Gasteiger partial charge on any atom is 0.326 e. The number of methoxy groups -OCH3 is 1. The maximum atomic E-state index is 11.9. The number of carboxylic acids is 1. The highest BCUT2D eigenvalue weighted by molar-refractivity contribution is 5.93. The molecule has 21 heavy (non-hydrogen) atoms. The lowest BCUT2D eigenvalue weighted by Gasteiger charge is -2.20. The van der Waals surface area contributed by atoms with Crippen molar-refractivity contribution in [3.05, 3.63) is 23.8 Å². The largest absolute Gasteiger partial charge is 0.497 e. The van der Waals surface area contributed by atoms with Gasteiger partial charge in [0.05, 0.1) is 7.11 Å². The maximum absolute atomic E-state index is 11.9. The molecule has 0 aromatic heterocycles. The molecule has 1 rings (SSSR count). The number of hydrogen-bond acceptors (Lipinski definition) is 3. The number of ether oxygens (including phenoxy) is 1. The van der Waals surface area contributed by atoms with Crippen LogP contribution in [0.1, 0.15) is 25.8 Å². The number of benzene rings is 1. The molecule has 0 radical (unpaired) electrons. The molecular formula is C15H22N2O4. The summed E-state index contributed by atoms with van der Waals surface area (Å²) in [5.74, 6) is -0.488. The molecule has 0 saturated heterocycles. The lowest BCUT2D eigenvalue weighted by molar-refractivity contribution is -0.140. The second-order valence-electron chi connectivity index (χ2n) is 4.98. The number of carbonyl (C=O) groups excluding carboxylic acids is 1. The molecule has 2 unspecified atom stereocenters. The molecule has 1 aromatic rings. The molecule has 1 aromatic carbocycles. The number of amides is 2. The summed E-state index contributed by atoms with van der Waals surface area (Å²) in [4.78, 5) is 23.1. The van der Waals surface area contributed by atoms with Crippen molar-refractivity contribution in [2.45, 2.75) is 33.2 Å². The minimum atomic E-state index is -1.04. The third-order valence-electron chi connectivity index (χ3n) is 3.45. The van der Waals surface area contributed by atoms with Crippen LogP contribution in [0.5, 0.6) is 5.75 Å². The molecule has 0 aliphatic carbocycles. The van der Waals surface area contributed by atoms with Crippen molar-refractivity contribution in [2.75, 3.05) is 12.4 Å². The van der Waals surface area contributed by atoms with E-state index in [1.54, 1.807) is 32.2 Å². The standard InChI is InChI=1S/C15H22N2O4/c1-5-9(2)13(14(18)19)17-15(20)16-12-7-6-11(21-4)8-10(12)3/h6-9,13H,5H2,1-4H3,(H,18,19)(H2,16,17,20). The number of rotatable bonds is 6.